The molecule has 1 aromatic carbocycles. The molecule has 0 unspecified atom stereocenters. The van der Waals surface area contributed by atoms with Crippen LogP contribution in [0.25, 0.3) is 0 Å². The second-order valence-corrected chi connectivity index (χ2v) is 8.73. The lowest BCUT2D eigenvalue weighted by Gasteiger charge is -2.36. The van der Waals surface area contributed by atoms with Crippen LogP contribution in [0.5, 0.6) is 5.75 Å². The maximum atomic E-state index is 13.0. The van der Waals surface area contributed by atoms with Gasteiger partial charge in [-0.25, -0.2) is 0 Å². The first-order valence-electron chi connectivity index (χ1n) is 11.2. The van der Waals surface area contributed by atoms with Crippen molar-refractivity contribution in [3.05, 3.63) is 60.4 Å². The van der Waals surface area contributed by atoms with E-state index in [9.17, 15) is 9.59 Å². The van der Waals surface area contributed by atoms with E-state index in [-0.39, 0.29) is 11.8 Å². The van der Waals surface area contributed by atoms with Crippen molar-refractivity contribution >= 4 is 11.8 Å². The highest BCUT2D eigenvalue weighted by atomic mass is 16.5. The number of hydrogen-bond donors (Lipinski definition) is 0. The van der Waals surface area contributed by atoms with E-state index in [1.54, 1.807) is 19.3 Å². The van der Waals surface area contributed by atoms with Gasteiger partial charge in [-0.05, 0) is 48.4 Å². The number of nitrogens with zero attached hydrogens (tertiary/aromatic N) is 3. The summed E-state index contributed by atoms with van der Waals surface area (Å²) in [5.74, 6) is 2.38. The van der Waals surface area contributed by atoms with E-state index in [4.69, 9.17) is 4.74 Å². The summed E-state index contributed by atoms with van der Waals surface area (Å²) in [7, 11) is 0. The third kappa shape index (κ3) is 5.43. The smallest absolute Gasteiger partial charge is 0.227 e. The number of likely N-dealkylation sites (tertiary alicyclic amines) is 2. The van der Waals surface area contributed by atoms with Gasteiger partial charge in [0.25, 0.3) is 0 Å². The van der Waals surface area contributed by atoms with E-state index in [2.05, 4.69) is 4.98 Å². The molecule has 0 N–H and O–H groups in total. The lowest BCUT2D eigenvalue weighted by atomic mass is 9.78. The molecular formula is C25H31N3O3. The second-order valence-electron chi connectivity index (χ2n) is 8.73. The molecule has 0 bridgehead atoms. The van der Waals surface area contributed by atoms with Gasteiger partial charge in [0.1, 0.15) is 5.75 Å². The number of para-hydroxylation sites is 1. The molecule has 6 heteroatoms. The van der Waals surface area contributed by atoms with Gasteiger partial charge in [0.15, 0.2) is 0 Å². The Kier molecular flexibility index (Phi) is 6.85. The number of hydrogen-bond acceptors (Lipinski definition) is 4. The van der Waals surface area contributed by atoms with E-state index in [1.807, 2.05) is 52.3 Å². The van der Waals surface area contributed by atoms with E-state index in [1.165, 1.54) is 0 Å². The summed E-state index contributed by atoms with van der Waals surface area (Å²) in [5.41, 5.74) is 0.947. The van der Waals surface area contributed by atoms with Crippen LogP contribution in [0.1, 0.15) is 25.3 Å². The Labute approximate surface area is 184 Å². The predicted octanol–water partition coefficient (Wildman–Crippen LogP) is 3.04. The molecule has 1 aromatic heterocycles. The number of pyridine rings is 1. The van der Waals surface area contributed by atoms with Crippen LogP contribution < -0.4 is 4.74 Å². The number of piperidine rings is 1. The fourth-order valence-corrected chi connectivity index (χ4v) is 4.96. The van der Waals surface area contributed by atoms with Crippen molar-refractivity contribution in [2.24, 2.45) is 17.8 Å². The van der Waals surface area contributed by atoms with Crippen LogP contribution in [-0.2, 0) is 16.0 Å². The first kappa shape index (κ1) is 21.3. The zero-order chi connectivity index (χ0) is 21.6. The molecule has 164 valence electrons. The average molecular weight is 422 g/mol. The Hall–Kier alpha value is -2.89. The Morgan fingerprint density at radius 1 is 1.03 bits per heavy atom. The first-order chi connectivity index (χ1) is 15.1. The van der Waals surface area contributed by atoms with E-state index in [0.29, 0.717) is 30.8 Å². The van der Waals surface area contributed by atoms with Gasteiger partial charge < -0.3 is 14.5 Å². The van der Waals surface area contributed by atoms with Gasteiger partial charge in [0, 0.05) is 51.4 Å². The van der Waals surface area contributed by atoms with Crippen LogP contribution in [0.4, 0.5) is 0 Å². The monoisotopic (exact) mass is 421 g/mol. The molecule has 0 aliphatic carbocycles. The standard InChI is InChI=1S/C25H31N3O3/c1-19(29)27-12-9-21(10-13-27)24-17-28(25(30)14-20-6-5-11-26-15-20)16-22(24)18-31-23-7-3-2-4-8-23/h2-8,11,15,21-22,24H,9-10,12-14,16-18H2,1H3/t22-,24-/m0/s1. The highest BCUT2D eigenvalue weighted by molar-refractivity contribution is 5.79. The number of carbonyl (C=O) groups is 2. The zero-order valence-electron chi connectivity index (χ0n) is 18.2. The van der Waals surface area contributed by atoms with Crippen molar-refractivity contribution in [2.45, 2.75) is 26.2 Å². The van der Waals surface area contributed by atoms with Gasteiger partial charge in [-0.1, -0.05) is 24.3 Å². The maximum Gasteiger partial charge on any atom is 0.227 e. The van der Waals surface area contributed by atoms with Gasteiger partial charge in [0.2, 0.25) is 11.8 Å². The molecule has 31 heavy (non-hydrogen) atoms. The minimum atomic E-state index is 0.154. The molecule has 2 atom stereocenters. The van der Waals surface area contributed by atoms with Crippen molar-refractivity contribution in [1.29, 1.82) is 0 Å². The molecule has 2 saturated heterocycles. The van der Waals surface area contributed by atoms with Crippen molar-refractivity contribution in [2.75, 3.05) is 32.8 Å². The van der Waals surface area contributed by atoms with E-state index >= 15 is 0 Å². The van der Waals surface area contributed by atoms with Gasteiger partial charge in [0.05, 0.1) is 13.0 Å². The SMILES string of the molecule is CC(=O)N1CCC([C@@H]2CN(C(=O)Cc3cccnc3)C[C@H]2COc2ccccc2)CC1. The fourth-order valence-electron chi connectivity index (χ4n) is 4.96. The Morgan fingerprint density at radius 3 is 2.48 bits per heavy atom. The number of amides is 2. The summed E-state index contributed by atoms with van der Waals surface area (Å²) >= 11 is 0. The fraction of sp³-hybridized carbons (Fsp3) is 0.480. The lowest BCUT2D eigenvalue weighted by molar-refractivity contribution is -0.130. The van der Waals surface area contributed by atoms with Gasteiger partial charge in [-0.2, -0.15) is 0 Å². The summed E-state index contributed by atoms with van der Waals surface area (Å²) in [4.78, 5) is 32.8. The molecule has 0 spiro atoms. The van der Waals surface area contributed by atoms with Gasteiger partial charge >= 0.3 is 0 Å². The van der Waals surface area contributed by atoms with Crippen LogP contribution in [0.3, 0.4) is 0 Å². The zero-order valence-corrected chi connectivity index (χ0v) is 18.2. The molecular weight excluding hydrogens is 390 g/mol. The van der Waals surface area contributed by atoms with Crippen molar-refractivity contribution in [3.8, 4) is 5.75 Å². The molecule has 0 radical (unpaired) electrons. The number of rotatable bonds is 6. The molecule has 2 fully saturated rings. The van der Waals surface area contributed by atoms with Crippen LogP contribution in [-0.4, -0.2) is 59.4 Å². The Bertz CT molecular complexity index is 866. The highest BCUT2D eigenvalue weighted by Crippen LogP contribution is 2.36. The molecule has 2 aliphatic heterocycles. The molecule has 4 rings (SSSR count). The number of carbonyl (C=O) groups excluding carboxylic acids is 2. The number of benzene rings is 1. The average Bonchev–Trinajstić information content (AvgIpc) is 3.23. The largest absolute Gasteiger partial charge is 0.493 e. The van der Waals surface area contributed by atoms with Gasteiger partial charge in [-0.3, -0.25) is 14.6 Å². The molecule has 2 aromatic rings. The third-order valence-corrected chi connectivity index (χ3v) is 6.72. The number of aromatic nitrogens is 1. The van der Waals surface area contributed by atoms with Crippen molar-refractivity contribution < 1.29 is 14.3 Å². The summed E-state index contributed by atoms with van der Waals surface area (Å²) < 4.78 is 6.10. The van der Waals surface area contributed by atoms with Crippen LogP contribution in [0.2, 0.25) is 0 Å². The minimum Gasteiger partial charge on any atom is -0.493 e. The summed E-state index contributed by atoms with van der Waals surface area (Å²) in [6, 6.07) is 13.7. The van der Waals surface area contributed by atoms with Crippen molar-refractivity contribution in [3.63, 3.8) is 0 Å². The Balaban J connectivity index is 1.42. The molecule has 6 nitrogen and oxygen atoms in total. The van der Waals surface area contributed by atoms with Gasteiger partial charge in [-0.15, -0.1) is 0 Å². The first-order valence-corrected chi connectivity index (χ1v) is 11.2. The highest BCUT2D eigenvalue weighted by Gasteiger charge is 2.41. The van der Waals surface area contributed by atoms with Crippen LogP contribution >= 0.6 is 0 Å². The number of ether oxygens (including phenoxy) is 1. The molecule has 0 saturated carbocycles. The molecule has 2 aliphatic rings. The quantitative estimate of drug-likeness (QED) is 0.719. The summed E-state index contributed by atoms with van der Waals surface area (Å²) in [6.07, 6.45) is 5.87. The third-order valence-electron chi connectivity index (χ3n) is 6.72. The summed E-state index contributed by atoms with van der Waals surface area (Å²) in [6.45, 7) is 5.37. The van der Waals surface area contributed by atoms with E-state index in [0.717, 1.165) is 50.3 Å². The van der Waals surface area contributed by atoms with E-state index < -0.39 is 0 Å². The normalized spacial score (nSPS) is 21.8. The topological polar surface area (TPSA) is 62.7 Å². The van der Waals surface area contributed by atoms with Crippen LogP contribution in [0.15, 0.2) is 54.9 Å². The Morgan fingerprint density at radius 2 is 1.81 bits per heavy atom. The minimum absolute atomic E-state index is 0.154. The predicted molar refractivity (Wildman–Crippen MR) is 118 cm³/mol. The van der Waals surface area contributed by atoms with Crippen LogP contribution in [0, 0.1) is 17.8 Å². The molecule has 2 amide bonds. The van der Waals surface area contributed by atoms with Crippen molar-refractivity contribution in [1.82, 2.24) is 14.8 Å². The molecule has 3 heterocycles. The second kappa shape index (κ2) is 9.94. The summed E-state index contributed by atoms with van der Waals surface area (Å²) in [5, 5.41) is 0. The lowest BCUT2D eigenvalue weighted by Crippen LogP contribution is -2.40. The maximum absolute atomic E-state index is 13.0.